The number of nitrogens with zero attached hydrogens (tertiary/aromatic N) is 6. The summed E-state index contributed by atoms with van der Waals surface area (Å²) >= 11 is 6.04. The molecule has 1 fully saturated rings. The van der Waals surface area contributed by atoms with Crippen molar-refractivity contribution in [2.24, 2.45) is 0 Å². The van der Waals surface area contributed by atoms with Crippen LogP contribution in [0.2, 0.25) is 5.02 Å². The lowest BCUT2D eigenvalue weighted by molar-refractivity contribution is 0.245. The van der Waals surface area contributed by atoms with Crippen LogP contribution in [0.15, 0.2) is 53.2 Å². The van der Waals surface area contributed by atoms with E-state index in [2.05, 4.69) is 56.5 Å². The molecule has 2 aromatic heterocycles. The number of hydrogen-bond acceptors (Lipinski definition) is 6. The van der Waals surface area contributed by atoms with Crippen molar-refractivity contribution in [3.8, 4) is 5.69 Å². The van der Waals surface area contributed by atoms with Gasteiger partial charge in [-0.05, 0) is 36.2 Å². The van der Waals surface area contributed by atoms with E-state index in [0.29, 0.717) is 5.02 Å². The normalized spacial score (nSPS) is 15.2. The van der Waals surface area contributed by atoms with E-state index in [0.717, 1.165) is 67.3 Å². The second kappa shape index (κ2) is 8.08. The molecule has 0 saturated carbocycles. The SMILES string of the molecule is CCc1ccc(-n2cc(CN3CCN(c4noc5cc(Cl)ccc45)CC3)nn2)cc1. The highest BCUT2D eigenvalue weighted by molar-refractivity contribution is 6.31. The number of halogens is 1. The fourth-order valence-corrected chi connectivity index (χ4v) is 4.02. The average molecular weight is 423 g/mol. The third kappa shape index (κ3) is 3.78. The molecular formula is C22H23ClN6O. The summed E-state index contributed by atoms with van der Waals surface area (Å²) < 4.78 is 7.30. The van der Waals surface area contributed by atoms with Gasteiger partial charge in [-0.3, -0.25) is 4.90 Å². The molecule has 4 aromatic rings. The summed E-state index contributed by atoms with van der Waals surface area (Å²) in [6.07, 6.45) is 3.05. The Balaban J connectivity index is 1.21. The lowest BCUT2D eigenvalue weighted by atomic mass is 10.1. The first-order valence-corrected chi connectivity index (χ1v) is 10.6. The Morgan fingerprint density at radius 1 is 1.03 bits per heavy atom. The zero-order valence-electron chi connectivity index (χ0n) is 16.8. The Bertz CT molecular complexity index is 1140. The molecule has 0 amide bonds. The predicted octanol–water partition coefficient (Wildman–Crippen LogP) is 3.95. The van der Waals surface area contributed by atoms with Gasteiger partial charge in [-0.2, -0.15) is 0 Å². The van der Waals surface area contributed by atoms with Crippen molar-refractivity contribution in [3.05, 3.63) is 64.9 Å². The number of hydrogen-bond donors (Lipinski definition) is 0. The highest BCUT2D eigenvalue weighted by Crippen LogP contribution is 2.29. The second-order valence-corrected chi connectivity index (χ2v) is 8.02. The Morgan fingerprint density at radius 3 is 2.60 bits per heavy atom. The highest BCUT2D eigenvalue weighted by Gasteiger charge is 2.22. The van der Waals surface area contributed by atoms with Crippen LogP contribution in [-0.4, -0.2) is 51.2 Å². The minimum Gasteiger partial charge on any atom is -0.354 e. The van der Waals surface area contributed by atoms with Gasteiger partial charge in [-0.1, -0.05) is 41.0 Å². The summed E-state index contributed by atoms with van der Waals surface area (Å²) in [5.74, 6) is 0.891. The minimum atomic E-state index is 0.657. The van der Waals surface area contributed by atoms with E-state index in [4.69, 9.17) is 16.1 Å². The molecule has 0 unspecified atom stereocenters. The van der Waals surface area contributed by atoms with Crippen LogP contribution in [0.1, 0.15) is 18.2 Å². The van der Waals surface area contributed by atoms with Crippen LogP contribution in [0.25, 0.3) is 16.7 Å². The van der Waals surface area contributed by atoms with Gasteiger partial charge in [0.25, 0.3) is 0 Å². The molecule has 0 atom stereocenters. The topological polar surface area (TPSA) is 63.2 Å². The number of rotatable bonds is 5. The Morgan fingerprint density at radius 2 is 1.83 bits per heavy atom. The van der Waals surface area contributed by atoms with E-state index >= 15 is 0 Å². The first-order chi connectivity index (χ1) is 14.7. The molecule has 3 heterocycles. The van der Waals surface area contributed by atoms with Crippen LogP contribution >= 0.6 is 11.6 Å². The van der Waals surface area contributed by atoms with E-state index in [-0.39, 0.29) is 0 Å². The van der Waals surface area contributed by atoms with Gasteiger partial charge in [-0.25, -0.2) is 4.68 Å². The Kier molecular flexibility index (Phi) is 5.14. The Labute approximate surface area is 179 Å². The van der Waals surface area contributed by atoms with Gasteiger partial charge in [0.2, 0.25) is 0 Å². The molecule has 0 spiro atoms. The first-order valence-electron chi connectivity index (χ1n) is 10.2. The number of benzene rings is 2. The fraction of sp³-hybridized carbons (Fsp3) is 0.318. The maximum atomic E-state index is 6.04. The van der Waals surface area contributed by atoms with E-state index in [1.54, 1.807) is 0 Å². The third-order valence-electron chi connectivity index (χ3n) is 5.62. The molecule has 2 aromatic carbocycles. The van der Waals surface area contributed by atoms with Crippen molar-refractivity contribution in [2.75, 3.05) is 31.1 Å². The van der Waals surface area contributed by atoms with Gasteiger partial charge in [0.05, 0.1) is 23.0 Å². The van der Waals surface area contributed by atoms with Gasteiger partial charge >= 0.3 is 0 Å². The number of aryl methyl sites for hydroxylation is 1. The zero-order chi connectivity index (χ0) is 20.5. The summed E-state index contributed by atoms with van der Waals surface area (Å²) in [5.41, 5.74) is 4.06. The van der Waals surface area contributed by atoms with Crippen LogP contribution in [0.3, 0.4) is 0 Å². The number of piperazine rings is 1. The molecule has 1 saturated heterocycles. The number of anilines is 1. The lowest BCUT2D eigenvalue weighted by Gasteiger charge is -2.34. The van der Waals surface area contributed by atoms with E-state index < -0.39 is 0 Å². The molecule has 1 aliphatic rings. The van der Waals surface area contributed by atoms with Gasteiger partial charge in [0, 0.05) is 43.8 Å². The minimum absolute atomic E-state index is 0.657. The summed E-state index contributed by atoms with van der Waals surface area (Å²) in [5, 5.41) is 14.6. The van der Waals surface area contributed by atoms with Gasteiger partial charge in [0.15, 0.2) is 11.4 Å². The van der Waals surface area contributed by atoms with Crippen LogP contribution in [-0.2, 0) is 13.0 Å². The maximum absolute atomic E-state index is 6.04. The summed E-state index contributed by atoms with van der Waals surface area (Å²) in [6.45, 7) is 6.58. The van der Waals surface area contributed by atoms with Crippen LogP contribution in [0.4, 0.5) is 5.82 Å². The number of aromatic nitrogens is 4. The van der Waals surface area contributed by atoms with Crippen LogP contribution < -0.4 is 4.90 Å². The molecule has 0 bridgehead atoms. The molecule has 7 nitrogen and oxygen atoms in total. The average Bonchev–Trinajstić information content (AvgIpc) is 3.41. The molecule has 30 heavy (non-hydrogen) atoms. The number of fused-ring (bicyclic) bond motifs is 1. The van der Waals surface area contributed by atoms with Crippen molar-refractivity contribution in [3.63, 3.8) is 0 Å². The third-order valence-corrected chi connectivity index (χ3v) is 5.86. The molecule has 154 valence electrons. The van der Waals surface area contributed by atoms with Crippen molar-refractivity contribution in [2.45, 2.75) is 19.9 Å². The molecule has 0 aliphatic carbocycles. The van der Waals surface area contributed by atoms with Crippen molar-refractivity contribution in [1.82, 2.24) is 25.1 Å². The van der Waals surface area contributed by atoms with Crippen molar-refractivity contribution < 1.29 is 4.52 Å². The highest BCUT2D eigenvalue weighted by atomic mass is 35.5. The largest absolute Gasteiger partial charge is 0.354 e. The van der Waals surface area contributed by atoms with Gasteiger partial charge in [-0.15, -0.1) is 5.10 Å². The second-order valence-electron chi connectivity index (χ2n) is 7.58. The molecule has 1 aliphatic heterocycles. The first kappa shape index (κ1) is 19.1. The molecule has 0 N–H and O–H groups in total. The maximum Gasteiger partial charge on any atom is 0.180 e. The van der Waals surface area contributed by atoms with Crippen LogP contribution in [0.5, 0.6) is 0 Å². The molecule has 0 radical (unpaired) electrons. The Hall–Kier alpha value is -2.90. The van der Waals surface area contributed by atoms with E-state index in [1.165, 1.54) is 5.56 Å². The molecular weight excluding hydrogens is 400 g/mol. The van der Waals surface area contributed by atoms with Crippen LogP contribution in [0, 0.1) is 0 Å². The predicted molar refractivity (Wildman–Crippen MR) is 117 cm³/mol. The zero-order valence-corrected chi connectivity index (χ0v) is 17.6. The fourth-order valence-electron chi connectivity index (χ4n) is 3.85. The summed E-state index contributed by atoms with van der Waals surface area (Å²) in [4.78, 5) is 4.66. The van der Waals surface area contributed by atoms with Crippen molar-refractivity contribution >= 4 is 28.4 Å². The standard InChI is InChI=1S/C22H23ClN6O/c1-2-16-3-6-19(7-4-16)29-15-18(24-26-29)14-27-9-11-28(12-10-27)22-20-8-5-17(23)13-21(20)30-25-22/h3-8,13,15H,2,9-12,14H2,1H3. The summed E-state index contributed by atoms with van der Waals surface area (Å²) in [6, 6.07) is 14.1. The van der Waals surface area contributed by atoms with E-state index in [9.17, 15) is 0 Å². The quantitative estimate of drug-likeness (QED) is 0.485. The lowest BCUT2D eigenvalue weighted by Crippen LogP contribution is -2.46. The van der Waals surface area contributed by atoms with E-state index in [1.807, 2.05) is 29.1 Å². The molecule has 5 rings (SSSR count). The van der Waals surface area contributed by atoms with Gasteiger partial charge in [0.1, 0.15) is 0 Å². The van der Waals surface area contributed by atoms with Gasteiger partial charge < -0.3 is 9.42 Å². The monoisotopic (exact) mass is 422 g/mol. The smallest absolute Gasteiger partial charge is 0.180 e. The summed E-state index contributed by atoms with van der Waals surface area (Å²) in [7, 11) is 0. The molecule has 8 heteroatoms. The van der Waals surface area contributed by atoms with Crippen molar-refractivity contribution in [1.29, 1.82) is 0 Å².